The molecule has 0 radical (unpaired) electrons. The average molecular weight is 336 g/mol. The fourth-order valence-electron chi connectivity index (χ4n) is 3.15. The number of aromatic amines is 1. The Bertz CT molecular complexity index is 1080. The summed E-state index contributed by atoms with van der Waals surface area (Å²) in [6.07, 6.45) is 0. The standard InChI is InChI=1S/C22H16N4/c1-3-9-16(10-4-1)21-15-20(25-26(21)17-11-5-2-6-12-17)22-23-18-13-7-8-14-19(18)24-22/h1-15H,(H,23,24). The lowest BCUT2D eigenvalue weighted by atomic mass is 10.1. The van der Waals surface area contributed by atoms with Crippen LogP contribution in [-0.4, -0.2) is 19.7 Å². The molecule has 1 N–H and O–H groups in total. The van der Waals surface area contributed by atoms with Gasteiger partial charge in [-0.25, -0.2) is 9.67 Å². The lowest BCUT2D eigenvalue weighted by Gasteiger charge is -2.07. The van der Waals surface area contributed by atoms with E-state index in [0.717, 1.165) is 39.5 Å². The highest BCUT2D eigenvalue weighted by molar-refractivity contribution is 5.79. The molecule has 0 aliphatic heterocycles. The van der Waals surface area contributed by atoms with Gasteiger partial charge < -0.3 is 4.98 Å². The average Bonchev–Trinajstić information content (AvgIpc) is 3.34. The Hall–Kier alpha value is -3.66. The van der Waals surface area contributed by atoms with Crippen LogP contribution in [0.4, 0.5) is 0 Å². The first-order chi connectivity index (χ1) is 12.9. The molecule has 5 rings (SSSR count). The second-order valence-electron chi connectivity index (χ2n) is 6.13. The van der Waals surface area contributed by atoms with Crippen molar-refractivity contribution < 1.29 is 0 Å². The number of hydrogen-bond donors (Lipinski definition) is 1. The van der Waals surface area contributed by atoms with Crippen molar-refractivity contribution in [2.24, 2.45) is 0 Å². The summed E-state index contributed by atoms with van der Waals surface area (Å²) in [5, 5.41) is 4.85. The van der Waals surface area contributed by atoms with Gasteiger partial charge in [-0.1, -0.05) is 60.7 Å². The summed E-state index contributed by atoms with van der Waals surface area (Å²) >= 11 is 0. The van der Waals surface area contributed by atoms with Gasteiger partial charge in [-0.2, -0.15) is 5.10 Å². The van der Waals surface area contributed by atoms with Crippen LogP contribution in [0, 0.1) is 0 Å². The van der Waals surface area contributed by atoms with Gasteiger partial charge in [-0.3, -0.25) is 0 Å². The van der Waals surface area contributed by atoms with E-state index < -0.39 is 0 Å². The first-order valence-electron chi connectivity index (χ1n) is 8.54. The number of para-hydroxylation sites is 3. The van der Waals surface area contributed by atoms with Crippen LogP contribution in [0.15, 0.2) is 91.0 Å². The van der Waals surface area contributed by atoms with Crippen molar-refractivity contribution in [1.29, 1.82) is 0 Å². The highest BCUT2D eigenvalue weighted by Gasteiger charge is 2.15. The van der Waals surface area contributed by atoms with Gasteiger partial charge >= 0.3 is 0 Å². The predicted molar refractivity (Wildman–Crippen MR) is 104 cm³/mol. The summed E-state index contributed by atoms with van der Waals surface area (Å²) in [7, 11) is 0. The molecule has 0 unspecified atom stereocenters. The second kappa shape index (κ2) is 6.01. The smallest absolute Gasteiger partial charge is 0.159 e. The molecule has 0 bridgehead atoms. The fraction of sp³-hybridized carbons (Fsp3) is 0. The molecule has 0 saturated carbocycles. The van der Waals surface area contributed by atoms with Gasteiger partial charge in [0.2, 0.25) is 0 Å². The quantitative estimate of drug-likeness (QED) is 0.499. The number of nitrogens with zero attached hydrogens (tertiary/aromatic N) is 3. The molecule has 0 amide bonds. The van der Waals surface area contributed by atoms with E-state index in [9.17, 15) is 0 Å². The van der Waals surface area contributed by atoms with Crippen LogP contribution in [0.25, 0.3) is 39.5 Å². The SMILES string of the molecule is c1ccc(-c2cc(-c3nc4ccccc4[nH]3)nn2-c2ccccc2)cc1. The van der Waals surface area contributed by atoms with Gasteiger partial charge in [-0.05, 0) is 30.3 Å². The molecule has 2 heterocycles. The maximum absolute atomic E-state index is 4.85. The summed E-state index contributed by atoms with van der Waals surface area (Å²) in [4.78, 5) is 8.06. The zero-order valence-corrected chi connectivity index (χ0v) is 14.0. The number of nitrogens with one attached hydrogen (secondary N) is 1. The summed E-state index contributed by atoms with van der Waals surface area (Å²) in [6.45, 7) is 0. The Balaban J connectivity index is 1.71. The minimum Gasteiger partial charge on any atom is -0.337 e. The molecule has 5 aromatic rings. The number of aromatic nitrogens is 4. The Labute approximate surface area is 150 Å². The maximum Gasteiger partial charge on any atom is 0.159 e. The van der Waals surface area contributed by atoms with Crippen molar-refractivity contribution in [3.8, 4) is 28.5 Å². The highest BCUT2D eigenvalue weighted by Crippen LogP contribution is 2.28. The summed E-state index contributed by atoms with van der Waals surface area (Å²) in [5.74, 6) is 0.776. The van der Waals surface area contributed by atoms with Gasteiger partial charge in [0.15, 0.2) is 5.82 Å². The van der Waals surface area contributed by atoms with Gasteiger partial charge in [-0.15, -0.1) is 0 Å². The monoisotopic (exact) mass is 336 g/mol. The minimum absolute atomic E-state index is 0.776. The van der Waals surface area contributed by atoms with Crippen LogP contribution in [0.3, 0.4) is 0 Å². The molecule has 4 nitrogen and oxygen atoms in total. The molecular weight excluding hydrogens is 320 g/mol. The normalized spacial score (nSPS) is 11.1. The zero-order chi connectivity index (χ0) is 17.3. The molecule has 0 aliphatic rings. The van der Waals surface area contributed by atoms with E-state index in [4.69, 9.17) is 10.1 Å². The lowest BCUT2D eigenvalue weighted by Crippen LogP contribution is -1.98. The number of benzene rings is 3. The minimum atomic E-state index is 0.776. The van der Waals surface area contributed by atoms with Crippen molar-refractivity contribution >= 4 is 11.0 Å². The van der Waals surface area contributed by atoms with Crippen LogP contribution in [0.2, 0.25) is 0 Å². The molecule has 4 heteroatoms. The third-order valence-corrected chi connectivity index (χ3v) is 4.41. The molecule has 0 saturated heterocycles. The Morgan fingerprint density at radius 1 is 0.731 bits per heavy atom. The number of H-pyrrole nitrogens is 1. The topological polar surface area (TPSA) is 46.5 Å². The van der Waals surface area contributed by atoms with E-state index >= 15 is 0 Å². The Morgan fingerprint density at radius 3 is 2.19 bits per heavy atom. The first-order valence-corrected chi connectivity index (χ1v) is 8.54. The van der Waals surface area contributed by atoms with Crippen LogP contribution >= 0.6 is 0 Å². The van der Waals surface area contributed by atoms with Gasteiger partial charge in [0, 0.05) is 5.56 Å². The van der Waals surface area contributed by atoms with E-state index in [1.807, 2.05) is 65.3 Å². The molecule has 0 atom stereocenters. The van der Waals surface area contributed by atoms with Gasteiger partial charge in [0.1, 0.15) is 5.69 Å². The molecular formula is C22H16N4. The summed E-state index contributed by atoms with van der Waals surface area (Å²) in [5.41, 5.74) is 5.95. The molecule has 3 aromatic carbocycles. The predicted octanol–water partition coefficient (Wildman–Crippen LogP) is 5.08. The Kier molecular flexibility index (Phi) is 3.39. The highest BCUT2D eigenvalue weighted by atomic mass is 15.3. The summed E-state index contributed by atoms with van der Waals surface area (Å²) in [6, 6.07) is 30.6. The second-order valence-corrected chi connectivity index (χ2v) is 6.13. The molecule has 124 valence electrons. The first kappa shape index (κ1) is 14.7. The van der Waals surface area contributed by atoms with E-state index in [-0.39, 0.29) is 0 Å². The van der Waals surface area contributed by atoms with Crippen LogP contribution in [-0.2, 0) is 0 Å². The fourth-order valence-corrected chi connectivity index (χ4v) is 3.15. The van der Waals surface area contributed by atoms with Crippen molar-refractivity contribution in [2.45, 2.75) is 0 Å². The number of fused-ring (bicyclic) bond motifs is 1. The summed E-state index contributed by atoms with van der Waals surface area (Å²) < 4.78 is 1.97. The van der Waals surface area contributed by atoms with E-state index in [2.05, 4.69) is 35.3 Å². The lowest BCUT2D eigenvalue weighted by molar-refractivity contribution is 0.888. The van der Waals surface area contributed by atoms with Crippen LogP contribution < -0.4 is 0 Å². The van der Waals surface area contributed by atoms with Gasteiger partial charge in [0.25, 0.3) is 0 Å². The molecule has 2 aromatic heterocycles. The van der Waals surface area contributed by atoms with Crippen molar-refractivity contribution in [3.63, 3.8) is 0 Å². The molecule has 0 spiro atoms. The number of hydrogen-bond acceptors (Lipinski definition) is 2. The van der Waals surface area contributed by atoms with Crippen molar-refractivity contribution in [1.82, 2.24) is 19.7 Å². The van der Waals surface area contributed by atoms with Crippen LogP contribution in [0.5, 0.6) is 0 Å². The van der Waals surface area contributed by atoms with E-state index in [0.29, 0.717) is 0 Å². The number of imidazole rings is 1. The van der Waals surface area contributed by atoms with Crippen molar-refractivity contribution in [2.75, 3.05) is 0 Å². The third kappa shape index (κ3) is 2.48. The van der Waals surface area contributed by atoms with E-state index in [1.54, 1.807) is 0 Å². The number of rotatable bonds is 3. The molecule has 0 fully saturated rings. The maximum atomic E-state index is 4.85. The largest absolute Gasteiger partial charge is 0.337 e. The van der Waals surface area contributed by atoms with Crippen molar-refractivity contribution in [3.05, 3.63) is 91.0 Å². The third-order valence-electron chi connectivity index (χ3n) is 4.41. The molecule has 0 aliphatic carbocycles. The van der Waals surface area contributed by atoms with Crippen LogP contribution in [0.1, 0.15) is 0 Å². The zero-order valence-electron chi connectivity index (χ0n) is 14.0. The Morgan fingerprint density at radius 2 is 1.42 bits per heavy atom. The van der Waals surface area contributed by atoms with E-state index in [1.165, 1.54) is 0 Å². The van der Waals surface area contributed by atoms with Gasteiger partial charge in [0.05, 0.1) is 22.4 Å². The molecule has 26 heavy (non-hydrogen) atoms.